The van der Waals surface area contributed by atoms with Crippen molar-refractivity contribution in [1.29, 1.82) is 0 Å². The molecule has 0 bridgehead atoms. The number of rotatable bonds is 3. The van der Waals surface area contributed by atoms with Crippen LogP contribution in [0, 0.1) is 0 Å². The summed E-state index contributed by atoms with van der Waals surface area (Å²) in [7, 11) is 0. The van der Waals surface area contributed by atoms with Gasteiger partial charge in [-0.25, -0.2) is 0 Å². The number of thioether (sulfide) groups is 1. The van der Waals surface area contributed by atoms with Gasteiger partial charge in [-0.15, -0.1) is 10.2 Å². The Bertz CT molecular complexity index is 1040. The molecule has 3 aromatic rings. The van der Waals surface area contributed by atoms with Gasteiger partial charge in [0.05, 0.1) is 27.2 Å². The molecule has 3 heterocycles. The van der Waals surface area contributed by atoms with Crippen LogP contribution < -0.4 is 10.2 Å². The van der Waals surface area contributed by atoms with Gasteiger partial charge in [-0.2, -0.15) is 0 Å². The van der Waals surface area contributed by atoms with Crippen LogP contribution in [-0.4, -0.2) is 38.7 Å². The molecule has 1 aliphatic heterocycles. The van der Waals surface area contributed by atoms with Gasteiger partial charge in [0, 0.05) is 6.20 Å². The van der Waals surface area contributed by atoms with Gasteiger partial charge in [-0.05, 0) is 18.2 Å². The molecule has 0 radical (unpaired) electrons. The molecule has 0 aliphatic carbocycles. The summed E-state index contributed by atoms with van der Waals surface area (Å²) < 4.78 is 1.64. The Balaban J connectivity index is 1.56. The molecule has 4 rings (SSSR count). The second-order valence-corrected chi connectivity index (χ2v) is 7.30. The molecule has 0 saturated carbocycles. The normalized spacial score (nSPS) is 13.6. The fourth-order valence-electron chi connectivity index (χ4n) is 2.66. The van der Waals surface area contributed by atoms with Crippen LogP contribution in [-0.2, 0) is 9.59 Å². The van der Waals surface area contributed by atoms with Crippen molar-refractivity contribution in [3.63, 3.8) is 0 Å². The summed E-state index contributed by atoms with van der Waals surface area (Å²) >= 11 is 13.3. The third-order valence-corrected chi connectivity index (χ3v) is 5.20. The van der Waals surface area contributed by atoms with E-state index in [4.69, 9.17) is 23.2 Å². The summed E-state index contributed by atoms with van der Waals surface area (Å²) in [5.74, 6) is -0.345. The standard InChI is InChI=1S/C16H11Cl2N5O2S/c17-9-5-10(18)15-20-21-16(23(15)6-9)26-8-14(25)22-7-13(24)19-11-3-1-2-4-12(11)22/h1-6H,7-8H2,(H,19,24). The number of carbonyl (C=O) groups excluding carboxylic acids is 2. The Labute approximate surface area is 162 Å². The molecule has 0 spiro atoms. The van der Waals surface area contributed by atoms with Gasteiger partial charge in [0.2, 0.25) is 11.8 Å². The third kappa shape index (κ3) is 3.11. The molecular formula is C16H11Cl2N5O2S. The van der Waals surface area contributed by atoms with Crippen molar-refractivity contribution in [2.24, 2.45) is 0 Å². The van der Waals surface area contributed by atoms with E-state index in [1.54, 1.807) is 34.9 Å². The molecule has 0 saturated heterocycles. The lowest BCUT2D eigenvalue weighted by molar-refractivity contribution is -0.120. The number of para-hydroxylation sites is 2. The smallest absolute Gasteiger partial charge is 0.244 e. The summed E-state index contributed by atoms with van der Waals surface area (Å²) in [4.78, 5) is 26.0. The highest BCUT2D eigenvalue weighted by atomic mass is 35.5. The minimum absolute atomic E-state index is 0.0192. The molecule has 1 aromatic carbocycles. The van der Waals surface area contributed by atoms with Crippen molar-refractivity contribution in [3.05, 3.63) is 46.6 Å². The lowest BCUT2D eigenvalue weighted by Crippen LogP contribution is -2.43. The fourth-order valence-corrected chi connectivity index (χ4v) is 3.96. The summed E-state index contributed by atoms with van der Waals surface area (Å²) in [6.07, 6.45) is 1.64. The second-order valence-electron chi connectivity index (χ2n) is 5.52. The first kappa shape index (κ1) is 17.1. The summed E-state index contributed by atoms with van der Waals surface area (Å²) in [5, 5.41) is 12.1. The van der Waals surface area contributed by atoms with Crippen LogP contribution in [0.25, 0.3) is 5.65 Å². The highest BCUT2D eigenvalue weighted by Crippen LogP contribution is 2.30. The minimum Gasteiger partial charge on any atom is -0.323 e. The molecule has 132 valence electrons. The number of hydrogen-bond donors (Lipinski definition) is 1. The van der Waals surface area contributed by atoms with E-state index in [0.717, 1.165) is 0 Å². The van der Waals surface area contributed by atoms with Gasteiger partial charge in [0.25, 0.3) is 0 Å². The van der Waals surface area contributed by atoms with E-state index in [9.17, 15) is 9.59 Å². The van der Waals surface area contributed by atoms with Gasteiger partial charge in [-0.1, -0.05) is 47.1 Å². The average molecular weight is 408 g/mol. The maximum Gasteiger partial charge on any atom is 0.244 e. The number of pyridine rings is 1. The van der Waals surface area contributed by atoms with Crippen LogP contribution in [0.4, 0.5) is 11.4 Å². The number of nitrogens with one attached hydrogen (secondary N) is 1. The van der Waals surface area contributed by atoms with Gasteiger partial charge in [0.1, 0.15) is 6.54 Å². The molecule has 10 heteroatoms. The Morgan fingerprint density at radius 2 is 2.08 bits per heavy atom. The lowest BCUT2D eigenvalue weighted by Gasteiger charge is -2.28. The van der Waals surface area contributed by atoms with E-state index in [0.29, 0.717) is 32.2 Å². The molecule has 0 atom stereocenters. The highest BCUT2D eigenvalue weighted by molar-refractivity contribution is 7.99. The zero-order chi connectivity index (χ0) is 18.3. The number of halogens is 2. The van der Waals surface area contributed by atoms with Gasteiger partial charge in [-0.3, -0.25) is 14.0 Å². The van der Waals surface area contributed by atoms with Gasteiger partial charge in [0.15, 0.2) is 10.8 Å². The van der Waals surface area contributed by atoms with Crippen LogP contribution in [0.15, 0.2) is 41.7 Å². The Kier molecular flexibility index (Phi) is 4.47. The number of aromatic nitrogens is 3. The Hall–Kier alpha value is -2.29. The SMILES string of the molecule is O=C1CN(C(=O)CSc2nnc3c(Cl)cc(Cl)cn23)c2ccccc2N1. The van der Waals surface area contributed by atoms with Crippen molar-refractivity contribution >= 4 is 63.8 Å². The molecular weight excluding hydrogens is 397 g/mol. The number of carbonyl (C=O) groups is 2. The molecule has 1 N–H and O–H groups in total. The average Bonchev–Trinajstić information content (AvgIpc) is 3.02. The first-order valence-electron chi connectivity index (χ1n) is 7.55. The number of hydrogen-bond acceptors (Lipinski definition) is 5. The molecule has 0 unspecified atom stereocenters. The Morgan fingerprint density at radius 3 is 2.92 bits per heavy atom. The number of benzene rings is 1. The Morgan fingerprint density at radius 1 is 1.27 bits per heavy atom. The largest absolute Gasteiger partial charge is 0.323 e. The maximum atomic E-state index is 12.7. The monoisotopic (exact) mass is 407 g/mol. The lowest BCUT2D eigenvalue weighted by atomic mass is 10.2. The molecule has 0 fully saturated rings. The number of nitrogens with zero attached hydrogens (tertiary/aromatic N) is 4. The van der Waals surface area contributed by atoms with Crippen LogP contribution in [0.1, 0.15) is 0 Å². The summed E-state index contributed by atoms with van der Waals surface area (Å²) in [5.41, 5.74) is 1.76. The van der Waals surface area contributed by atoms with Crippen LogP contribution in [0.3, 0.4) is 0 Å². The predicted molar refractivity (Wildman–Crippen MR) is 101 cm³/mol. The fraction of sp³-hybridized carbons (Fsp3) is 0.125. The van der Waals surface area contributed by atoms with Crippen molar-refractivity contribution < 1.29 is 9.59 Å². The highest BCUT2D eigenvalue weighted by Gasteiger charge is 2.26. The minimum atomic E-state index is -0.228. The van der Waals surface area contributed by atoms with Crippen LogP contribution in [0.2, 0.25) is 10.0 Å². The second kappa shape index (κ2) is 6.79. The first-order chi connectivity index (χ1) is 12.5. The molecule has 2 aromatic heterocycles. The molecule has 26 heavy (non-hydrogen) atoms. The van der Waals surface area contributed by atoms with Crippen molar-refractivity contribution in [1.82, 2.24) is 14.6 Å². The van der Waals surface area contributed by atoms with Crippen molar-refractivity contribution in [2.45, 2.75) is 5.16 Å². The summed E-state index contributed by atoms with van der Waals surface area (Å²) in [6, 6.07) is 8.76. The first-order valence-corrected chi connectivity index (χ1v) is 9.29. The van der Waals surface area contributed by atoms with E-state index >= 15 is 0 Å². The van der Waals surface area contributed by atoms with Crippen molar-refractivity contribution in [2.75, 3.05) is 22.5 Å². The van der Waals surface area contributed by atoms with Crippen LogP contribution in [0.5, 0.6) is 0 Å². The van der Waals surface area contributed by atoms with E-state index in [1.165, 1.54) is 16.7 Å². The van der Waals surface area contributed by atoms with E-state index in [1.807, 2.05) is 6.07 Å². The number of anilines is 2. The van der Waals surface area contributed by atoms with Crippen molar-refractivity contribution in [3.8, 4) is 0 Å². The zero-order valence-electron chi connectivity index (χ0n) is 13.1. The summed E-state index contributed by atoms with van der Waals surface area (Å²) in [6.45, 7) is -0.0192. The number of fused-ring (bicyclic) bond motifs is 2. The maximum absolute atomic E-state index is 12.7. The van der Waals surface area contributed by atoms with E-state index < -0.39 is 0 Å². The number of amides is 2. The molecule has 2 amide bonds. The van der Waals surface area contributed by atoms with Crippen LogP contribution >= 0.6 is 35.0 Å². The predicted octanol–water partition coefficient (Wildman–Crippen LogP) is 3.11. The topological polar surface area (TPSA) is 79.6 Å². The van der Waals surface area contributed by atoms with Gasteiger partial charge >= 0.3 is 0 Å². The zero-order valence-corrected chi connectivity index (χ0v) is 15.5. The molecule has 1 aliphatic rings. The molecule has 7 nitrogen and oxygen atoms in total. The van der Waals surface area contributed by atoms with E-state index in [-0.39, 0.29) is 24.1 Å². The third-order valence-electron chi connectivity index (χ3n) is 3.79. The van der Waals surface area contributed by atoms with Gasteiger partial charge < -0.3 is 10.2 Å². The van der Waals surface area contributed by atoms with E-state index in [2.05, 4.69) is 15.5 Å². The quantitative estimate of drug-likeness (QED) is 0.674.